The van der Waals surface area contributed by atoms with E-state index in [4.69, 9.17) is 9.47 Å². The Morgan fingerprint density at radius 2 is 1.94 bits per heavy atom. The summed E-state index contributed by atoms with van der Waals surface area (Å²) in [7, 11) is -1.60. The van der Waals surface area contributed by atoms with Crippen LogP contribution in [0.4, 0.5) is 0 Å². The molecule has 3 aromatic rings. The molecule has 1 aliphatic heterocycles. The van der Waals surface area contributed by atoms with E-state index in [0.29, 0.717) is 31.2 Å². The summed E-state index contributed by atoms with van der Waals surface area (Å²) in [5.74, 6) is 1.33. The van der Waals surface area contributed by atoms with Crippen molar-refractivity contribution < 1.29 is 17.9 Å². The monoisotopic (exact) mass is 454 g/mol. The molecule has 1 N–H and O–H groups in total. The number of benzene rings is 2. The molecule has 0 saturated carbocycles. The molecule has 1 unspecified atom stereocenters. The number of H-pyrrole nitrogens is 1. The molecule has 0 saturated heterocycles. The summed E-state index contributed by atoms with van der Waals surface area (Å²) >= 11 is 0. The summed E-state index contributed by atoms with van der Waals surface area (Å²) in [5.41, 5.74) is 5.90. The highest BCUT2D eigenvalue weighted by molar-refractivity contribution is 7.90. The number of aromatic nitrogens is 1. The molecule has 1 aromatic heterocycles. The number of nitrogens with zero attached hydrogens (tertiary/aromatic N) is 1. The van der Waals surface area contributed by atoms with Gasteiger partial charge in [-0.05, 0) is 53.4 Å². The lowest BCUT2D eigenvalue weighted by molar-refractivity contribution is 0.215. The van der Waals surface area contributed by atoms with Crippen LogP contribution in [0.5, 0.6) is 11.5 Å². The molecule has 4 rings (SSSR count). The van der Waals surface area contributed by atoms with Crippen molar-refractivity contribution in [3.63, 3.8) is 0 Å². The van der Waals surface area contributed by atoms with Gasteiger partial charge < -0.3 is 14.5 Å². The predicted molar refractivity (Wildman–Crippen MR) is 126 cm³/mol. The second-order valence-electron chi connectivity index (χ2n) is 8.28. The standard InChI is InChI=1S/C25H30N2O4S/c1-4-31-25-14-19(10-11-24(25)30-2)23(17-32(3,28)29)27-15-20-8-5-7-18(22(20)16-27)13-21-9-6-12-26-21/h5-12,14,23,26H,4,13,15-17H2,1-3H3. The molecule has 0 bridgehead atoms. The first-order valence-corrected chi connectivity index (χ1v) is 12.9. The second-order valence-corrected chi connectivity index (χ2v) is 10.5. The van der Waals surface area contributed by atoms with Gasteiger partial charge in [0.05, 0.1) is 19.5 Å². The van der Waals surface area contributed by atoms with Crippen LogP contribution in [0.15, 0.2) is 54.7 Å². The Bertz CT molecular complexity index is 1170. The quantitative estimate of drug-likeness (QED) is 0.527. The van der Waals surface area contributed by atoms with E-state index >= 15 is 0 Å². The third-order valence-electron chi connectivity index (χ3n) is 5.92. The van der Waals surface area contributed by atoms with Crippen molar-refractivity contribution in [2.24, 2.45) is 0 Å². The number of methoxy groups -OCH3 is 1. The van der Waals surface area contributed by atoms with Crippen LogP contribution in [-0.2, 0) is 29.3 Å². The van der Waals surface area contributed by atoms with Gasteiger partial charge in [-0.1, -0.05) is 24.3 Å². The van der Waals surface area contributed by atoms with Crippen LogP contribution in [0.2, 0.25) is 0 Å². The smallest absolute Gasteiger partial charge is 0.161 e. The highest BCUT2D eigenvalue weighted by Crippen LogP contribution is 2.37. The SMILES string of the molecule is CCOc1cc(C(CS(C)(=O)=O)N2Cc3cccc(Cc4ccc[nH]4)c3C2)ccc1OC. The lowest BCUT2D eigenvalue weighted by Crippen LogP contribution is -2.29. The van der Waals surface area contributed by atoms with Gasteiger partial charge in [-0.2, -0.15) is 0 Å². The minimum absolute atomic E-state index is 0.0465. The number of ether oxygens (including phenoxy) is 2. The highest BCUT2D eigenvalue weighted by atomic mass is 32.2. The van der Waals surface area contributed by atoms with Gasteiger partial charge in [-0.3, -0.25) is 4.90 Å². The molecule has 2 heterocycles. The zero-order valence-corrected chi connectivity index (χ0v) is 19.6. The molecule has 0 aliphatic carbocycles. The first kappa shape index (κ1) is 22.4. The van der Waals surface area contributed by atoms with Crippen molar-refractivity contribution in [3.8, 4) is 11.5 Å². The number of hydrogen-bond donors (Lipinski definition) is 1. The Kier molecular flexibility index (Phi) is 6.58. The van der Waals surface area contributed by atoms with Gasteiger partial charge in [0.1, 0.15) is 9.84 Å². The molecule has 1 atom stereocenters. The van der Waals surface area contributed by atoms with Gasteiger partial charge >= 0.3 is 0 Å². The molecular formula is C25H30N2O4S. The van der Waals surface area contributed by atoms with E-state index in [0.717, 1.165) is 12.0 Å². The fourth-order valence-electron chi connectivity index (χ4n) is 4.45. The molecular weight excluding hydrogens is 424 g/mol. The zero-order valence-electron chi connectivity index (χ0n) is 18.8. The van der Waals surface area contributed by atoms with Crippen molar-refractivity contribution in [2.45, 2.75) is 32.5 Å². The largest absolute Gasteiger partial charge is 0.493 e. The summed E-state index contributed by atoms with van der Waals surface area (Å²) in [6.07, 6.45) is 4.07. The number of nitrogens with one attached hydrogen (secondary N) is 1. The Morgan fingerprint density at radius 1 is 1.09 bits per heavy atom. The predicted octanol–water partition coefficient (Wildman–Crippen LogP) is 4.11. The first-order valence-electron chi connectivity index (χ1n) is 10.8. The Balaban J connectivity index is 1.66. The fraction of sp³-hybridized carbons (Fsp3) is 0.360. The summed E-state index contributed by atoms with van der Waals surface area (Å²) in [6, 6.07) is 15.9. The van der Waals surface area contributed by atoms with Gasteiger partial charge in [-0.15, -0.1) is 0 Å². The summed E-state index contributed by atoms with van der Waals surface area (Å²) in [6.45, 7) is 3.85. The van der Waals surface area contributed by atoms with E-state index in [2.05, 4.69) is 34.1 Å². The van der Waals surface area contributed by atoms with Crippen molar-refractivity contribution in [1.29, 1.82) is 0 Å². The van der Waals surface area contributed by atoms with Crippen LogP contribution < -0.4 is 9.47 Å². The first-order chi connectivity index (χ1) is 15.4. The minimum Gasteiger partial charge on any atom is -0.493 e. The second kappa shape index (κ2) is 9.38. The molecule has 7 heteroatoms. The molecule has 0 fully saturated rings. The normalized spacial score (nSPS) is 14.8. The summed E-state index contributed by atoms with van der Waals surface area (Å²) in [4.78, 5) is 5.53. The Labute approximate surface area is 190 Å². The summed E-state index contributed by atoms with van der Waals surface area (Å²) < 4.78 is 35.9. The van der Waals surface area contributed by atoms with Crippen LogP contribution >= 0.6 is 0 Å². The molecule has 0 spiro atoms. The summed E-state index contributed by atoms with van der Waals surface area (Å²) in [5, 5.41) is 0. The van der Waals surface area contributed by atoms with Gasteiger partial charge in [-0.25, -0.2) is 8.42 Å². The molecule has 0 amide bonds. The molecule has 170 valence electrons. The highest BCUT2D eigenvalue weighted by Gasteiger charge is 2.31. The van der Waals surface area contributed by atoms with Gasteiger partial charge in [0.25, 0.3) is 0 Å². The molecule has 0 radical (unpaired) electrons. The molecule has 1 aliphatic rings. The number of fused-ring (bicyclic) bond motifs is 1. The van der Waals surface area contributed by atoms with Crippen molar-refractivity contribution in [3.05, 3.63) is 82.7 Å². The Hall–Kier alpha value is -2.77. The van der Waals surface area contributed by atoms with E-state index in [9.17, 15) is 8.42 Å². The van der Waals surface area contributed by atoms with Crippen molar-refractivity contribution in [2.75, 3.05) is 25.7 Å². The number of rotatable bonds is 9. The topological polar surface area (TPSA) is 71.6 Å². The lowest BCUT2D eigenvalue weighted by Gasteiger charge is -2.28. The maximum absolute atomic E-state index is 12.4. The third-order valence-corrected chi connectivity index (χ3v) is 6.84. The van der Waals surface area contributed by atoms with E-state index in [1.165, 1.54) is 28.6 Å². The molecule has 2 aromatic carbocycles. The Morgan fingerprint density at radius 3 is 2.62 bits per heavy atom. The van der Waals surface area contributed by atoms with Crippen LogP contribution in [0, 0.1) is 0 Å². The molecule has 6 nitrogen and oxygen atoms in total. The van der Waals surface area contributed by atoms with Crippen molar-refractivity contribution in [1.82, 2.24) is 9.88 Å². The molecule has 32 heavy (non-hydrogen) atoms. The fourth-order valence-corrected chi connectivity index (χ4v) is 5.43. The van der Waals surface area contributed by atoms with Crippen LogP contribution in [-0.4, -0.2) is 44.0 Å². The van der Waals surface area contributed by atoms with Crippen LogP contribution in [0.25, 0.3) is 0 Å². The van der Waals surface area contributed by atoms with E-state index in [1.54, 1.807) is 7.11 Å². The average Bonchev–Trinajstić information content (AvgIpc) is 3.42. The maximum atomic E-state index is 12.4. The number of hydrogen-bond acceptors (Lipinski definition) is 5. The van der Waals surface area contributed by atoms with Crippen LogP contribution in [0.1, 0.15) is 40.9 Å². The third kappa shape index (κ3) is 5.00. The zero-order chi connectivity index (χ0) is 22.7. The van der Waals surface area contributed by atoms with E-state index in [1.807, 2.05) is 37.4 Å². The van der Waals surface area contributed by atoms with E-state index < -0.39 is 9.84 Å². The van der Waals surface area contributed by atoms with E-state index in [-0.39, 0.29) is 11.8 Å². The van der Waals surface area contributed by atoms with Crippen LogP contribution in [0.3, 0.4) is 0 Å². The maximum Gasteiger partial charge on any atom is 0.161 e. The van der Waals surface area contributed by atoms with Gasteiger partial charge in [0, 0.05) is 43.7 Å². The lowest BCUT2D eigenvalue weighted by atomic mass is 10.00. The number of aromatic amines is 1. The van der Waals surface area contributed by atoms with Gasteiger partial charge in [0.15, 0.2) is 11.5 Å². The number of sulfone groups is 1. The van der Waals surface area contributed by atoms with Crippen molar-refractivity contribution >= 4 is 9.84 Å². The average molecular weight is 455 g/mol. The van der Waals surface area contributed by atoms with Gasteiger partial charge in [0.2, 0.25) is 0 Å². The minimum atomic E-state index is -3.21.